The van der Waals surface area contributed by atoms with Gasteiger partial charge >= 0.3 is 17.9 Å². The van der Waals surface area contributed by atoms with Gasteiger partial charge in [0, 0.05) is 36.5 Å². The lowest BCUT2D eigenvalue weighted by Gasteiger charge is -2.29. The molecule has 1 saturated heterocycles. The van der Waals surface area contributed by atoms with Crippen molar-refractivity contribution in [3.05, 3.63) is 36.0 Å². The molecule has 4 atom stereocenters. The van der Waals surface area contributed by atoms with Gasteiger partial charge in [-0.3, -0.25) is 24.0 Å². The van der Waals surface area contributed by atoms with Crippen molar-refractivity contribution in [3.8, 4) is 0 Å². The summed E-state index contributed by atoms with van der Waals surface area (Å²) in [5.41, 5.74) is 7.79. The van der Waals surface area contributed by atoms with Crippen molar-refractivity contribution < 1.29 is 44.1 Å². The van der Waals surface area contributed by atoms with Crippen molar-refractivity contribution in [3.63, 3.8) is 0 Å². The molecule has 2 aromatic rings. The fourth-order valence-corrected chi connectivity index (χ4v) is 4.73. The van der Waals surface area contributed by atoms with E-state index in [1.165, 1.54) is 4.90 Å². The predicted octanol–water partition coefficient (Wildman–Crippen LogP) is -0.187. The van der Waals surface area contributed by atoms with Crippen LogP contribution in [0.5, 0.6) is 0 Å². The van der Waals surface area contributed by atoms with Crippen molar-refractivity contribution in [2.75, 3.05) is 6.54 Å². The Bertz CT molecular complexity index is 1280. The summed E-state index contributed by atoms with van der Waals surface area (Å²) in [6.45, 7) is 0.130. The van der Waals surface area contributed by atoms with E-state index < -0.39 is 72.6 Å². The Kier molecular flexibility index (Phi) is 10.2. The fraction of sp³-hybridized carbons (Fsp3) is 0.462. The highest BCUT2D eigenvalue weighted by atomic mass is 16.4. The number of aromatic nitrogens is 1. The molecule has 3 amide bonds. The molecule has 14 heteroatoms. The van der Waals surface area contributed by atoms with Crippen LogP contribution in [0.4, 0.5) is 0 Å². The minimum absolute atomic E-state index is 0.130. The molecule has 0 bridgehead atoms. The summed E-state index contributed by atoms with van der Waals surface area (Å²) >= 11 is 0. The first-order valence-electron chi connectivity index (χ1n) is 12.9. The molecule has 3 rings (SSSR count). The number of benzene rings is 1. The van der Waals surface area contributed by atoms with E-state index in [0.717, 1.165) is 16.5 Å². The molecule has 2 heterocycles. The van der Waals surface area contributed by atoms with Crippen LogP contribution in [0.2, 0.25) is 0 Å². The van der Waals surface area contributed by atoms with Gasteiger partial charge in [-0.05, 0) is 43.7 Å². The lowest BCUT2D eigenvalue weighted by Crippen LogP contribution is -2.57. The highest BCUT2D eigenvalue weighted by Gasteiger charge is 2.39. The first-order chi connectivity index (χ1) is 19.0. The molecule has 0 spiro atoms. The summed E-state index contributed by atoms with van der Waals surface area (Å²) in [6, 6.07) is 2.58. The van der Waals surface area contributed by atoms with Crippen LogP contribution in [-0.4, -0.2) is 91.5 Å². The monoisotopic (exact) mass is 559 g/mol. The highest BCUT2D eigenvalue weighted by molar-refractivity contribution is 5.95. The van der Waals surface area contributed by atoms with E-state index in [1.54, 1.807) is 6.20 Å². The number of amides is 3. The van der Waals surface area contributed by atoms with Crippen LogP contribution in [0.25, 0.3) is 10.9 Å². The SMILES string of the molecule is NC(Cc1c[nH]c2ccccc12)C(=O)NC(CCC(=O)O)C(=O)N1CCCC1C(=O)NC(CCC(=O)O)C(=O)O. The number of nitrogens with two attached hydrogens (primary N) is 1. The molecule has 216 valence electrons. The van der Waals surface area contributed by atoms with Gasteiger partial charge in [-0.2, -0.15) is 0 Å². The zero-order chi connectivity index (χ0) is 29.4. The van der Waals surface area contributed by atoms with Crippen LogP contribution in [0.3, 0.4) is 0 Å². The summed E-state index contributed by atoms with van der Waals surface area (Å²) in [5, 5.41) is 33.1. The fourth-order valence-electron chi connectivity index (χ4n) is 4.73. The Balaban J connectivity index is 1.70. The summed E-state index contributed by atoms with van der Waals surface area (Å²) in [7, 11) is 0. The molecule has 8 N–H and O–H groups in total. The van der Waals surface area contributed by atoms with Crippen molar-refractivity contribution in [2.24, 2.45) is 5.73 Å². The van der Waals surface area contributed by atoms with Crippen molar-refractivity contribution in [1.29, 1.82) is 0 Å². The lowest BCUT2D eigenvalue weighted by atomic mass is 10.0. The molecule has 4 unspecified atom stereocenters. The Morgan fingerprint density at radius 3 is 2.27 bits per heavy atom. The van der Waals surface area contributed by atoms with Crippen LogP contribution >= 0.6 is 0 Å². The van der Waals surface area contributed by atoms with Crippen LogP contribution in [0.1, 0.15) is 44.1 Å². The Labute approximate surface area is 228 Å². The van der Waals surface area contributed by atoms with Gasteiger partial charge in [0.05, 0.1) is 6.04 Å². The van der Waals surface area contributed by atoms with E-state index in [4.69, 9.17) is 10.8 Å². The molecule has 14 nitrogen and oxygen atoms in total. The number of rotatable bonds is 14. The molecule has 0 radical (unpaired) electrons. The van der Waals surface area contributed by atoms with Gasteiger partial charge in [0.1, 0.15) is 18.1 Å². The van der Waals surface area contributed by atoms with Gasteiger partial charge in [0.25, 0.3) is 0 Å². The van der Waals surface area contributed by atoms with Crippen molar-refractivity contribution in [2.45, 2.75) is 69.1 Å². The average Bonchev–Trinajstić information content (AvgIpc) is 3.55. The number of nitrogens with one attached hydrogen (secondary N) is 3. The zero-order valence-corrected chi connectivity index (χ0v) is 21.7. The Morgan fingerprint density at radius 1 is 0.975 bits per heavy atom. The molecule has 1 aromatic carbocycles. The maximum atomic E-state index is 13.5. The number of H-pyrrole nitrogens is 1. The number of aromatic amines is 1. The third-order valence-corrected chi connectivity index (χ3v) is 6.81. The third-order valence-electron chi connectivity index (χ3n) is 6.81. The smallest absolute Gasteiger partial charge is 0.326 e. The summed E-state index contributed by atoms with van der Waals surface area (Å²) < 4.78 is 0. The topological polar surface area (TPSA) is 232 Å². The molecule has 0 saturated carbocycles. The predicted molar refractivity (Wildman–Crippen MR) is 140 cm³/mol. The number of carboxylic acid groups (broad SMARTS) is 3. The highest BCUT2D eigenvalue weighted by Crippen LogP contribution is 2.21. The van der Waals surface area contributed by atoms with Gasteiger partial charge in [-0.15, -0.1) is 0 Å². The number of carbonyl (C=O) groups excluding carboxylic acids is 3. The van der Waals surface area contributed by atoms with Crippen LogP contribution in [0.15, 0.2) is 30.5 Å². The summed E-state index contributed by atoms with van der Waals surface area (Å²) in [6.07, 6.45) is 1.00. The van der Waals surface area contributed by atoms with Gasteiger partial charge in [-0.25, -0.2) is 4.79 Å². The standard InChI is InChI=1S/C26H33N5O9/c27-16(12-14-13-28-17-5-2-1-4-15(14)17)23(36)29-18(7-9-21(32)33)25(38)31-11-3-6-20(31)24(37)30-19(26(39)40)8-10-22(34)35/h1-2,4-5,13,16,18-20,28H,3,6-12,27H2,(H,29,36)(H,30,37)(H,32,33)(H,34,35)(H,39,40). The summed E-state index contributed by atoms with van der Waals surface area (Å²) in [5.74, 6) is -5.96. The van der Waals surface area contributed by atoms with Crippen LogP contribution < -0.4 is 16.4 Å². The summed E-state index contributed by atoms with van der Waals surface area (Å²) in [4.78, 5) is 77.2. The van der Waals surface area contributed by atoms with Crippen LogP contribution in [0, 0.1) is 0 Å². The molecule has 1 fully saturated rings. The molecular weight excluding hydrogens is 526 g/mol. The minimum Gasteiger partial charge on any atom is -0.481 e. The van der Waals surface area contributed by atoms with E-state index in [1.807, 2.05) is 24.3 Å². The second kappa shape index (κ2) is 13.6. The van der Waals surface area contributed by atoms with E-state index in [-0.39, 0.29) is 32.2 Å². The molecular formula is C26H33N5O9. The average molecular weight is 560 g/mol. The normalized spacial score (nSPS) is 17.1. The maximum Gasteiger partial charge on any atom is 0.326 e. The Hall–Kier alpha value is -4.46. The number of aliphatic carboxylic acids is 3. The molecule has 1 aliphatic rings. The molecule has 0 aliphatic carbocycles. The number of hydrogen-bond donors (Lipinski definition) is 7. The number of carboxylic acids is 3. The van der Waals surface area contributed by atoms with Gasteiger partial charge in [-0.1, -0.05) is 18.2 Å². The van der Waals surface area contributed by atoms with E-state index in [0.29, 0.717) is 6.42 Å². The molecule has 1 aliphatic heterocycles. The van der Waals surface area contributed by atoms with Crippen molar-refractivity contribution >= 4 is 46.5 Å². The largest absolute Gasteiger partial charge is 0.481 e. The lowest BCUT2D eigenvalue weighted by molar-refractivity contribution is -0.145. The van der Waals surface area contributed by atoms with E-state index >= 15 is 0 Å². The first kappa shape index (κ1) is 30.1. The van der Waals surface area contributed by atoms with Gasteiger partial charge < -0.3 is 41.6 Å². The Morgan fingerprint density at radius 2 is 1.62 bits per heavy atom. The first-order valence-corrected chi connectivity index (χ1v) is 12.9. The van der Waals surface area contributed by atoms with E-state index in [2.05, 4.69) is 15.6 Å². The number of likely N-dealkylation sites (tertiary alicyclic amines) is 1. The number of hydrogen-bond acceptors (Lipinski definition) is 7. The zero-order valence-electron chi connectivity index (χ0n) is 21.7. The number of para-hydroxylation sites is 1. The minimum atomic E-state index is -1.47. The van der Waals surface area contributed by atoms with Gasteiger partial charge in [0.2, 0.25) is 17.7 Å². The second-order valence-electron chi connectivity index (χ2n) is 9.69. The molecule has 1 aromatic heterocycles. The third kappa shape index (κ3) is 7.79. The maximum absolute atomic E-state index is 13.5. The van der Waals surface area contributed by atoms with Crippen molar-refractivity contribution in [1.82, 2.24) is 20.5 Å². The van der Waals surface area contributed by atoms with Gasteiger partial charge in [0.15, 0.2) is 0 Å². The molecule has 40 heavy (non-hydrogen) atoms. The second-order valence-corrected chi connectivity index (χ2v) is 9.69. The number of nitrogens with zero attached hydrogens (tertiary/aromatic N) is 1. The van der Waals surface area contributed by atoms with E-state index in [9.17, 15) is 39.0 Å². The number of carbonyl (C=O) groups is 6. The quantitative estimate of drug-likeness (QED) is 0.161. The number of fused-ring (bicyclic) bond motifs is 1. The van der Waals surface area contributed by atoms with Crippen LogP contribution in [-0.2, 0) is 35.2 Å².